The number of hydrogen-bond donors (Lipinski definition) is 0. The summed E-state index contributed by atoms with van der Waals surface area (Å²) in [6.45, 7) is 5.26. The number of methoxy groups -OCH3 is 1. The van der Waals surface area contributed by atoms with Gasteiger partial charge in [0.05, 0.1) is 13.7 Å². The maximum atomic E-state index is 13.5. The van der Waals surface area contributed by atoms with E-state index in [1.807, 2.05) is 0 Å². The van der Waals surface area contributed by atoms with Crippen molar-refractivity contribution in [2.45, 2.75) is 51.2 Å². The third-order valence-corrected chi connectivity index (χ3v) is 2.83. The van der Waals surface area contributed by atoms with Crippen molar-refractivity contribution in [2.24, 2.45) is 0 Å². The molecule has 1 aliphatic heterocycles. The van der Waals surface area contributed by atoms with E-state index in [-0.39, 0.29) is 0 Å². The zero-order chi connectivity index (χ0) is 15.1. The van der Waals surface area contributed by atoms with Crippen LogP contribution in [0.5, 0.6) is 0 Å². The second-order valence-corrected chi connectivity index (χ2v) is 5.86. The molecule has 110 valence electrons. The third-order valence-electron chi connectivity index (χ3n) is 2.83. The van der Waals surface area contributed by atoms with Crippen molar-refractivity contribution in [1.82, 2.24) is 4.90 Å². The molecule has 1 rings (SSSR count). The molecule has 1 saturated heterocycles. The first-order chi connectivity index (χ1) is 8.41. The van der Waals surface area contributed by atoms with Gasteiger partial charge in [-0.2, -0.15) is 0 Å². The van der Waals surface area contributed by atoms with E-state index in [4.69, 9.17) is 4.74 Å². The third kappa shape index (κ3) is 3.33. The lowest BCUT2D eigenvalue weighted by Crippen LogP contribution is -2.52. The number of carbonyl (C=O) groups is 2. The van der Waals surface area contributed by atoms with Crippen molar-refractivity contribution in [3.8, 4) is 0 Å². The maximum absolute atomic E-state index is 13.5. The number of hydrogen-bond acceptors (Lipinski definition) is 4. The fourth-order valence-corrected chi connectivity index (χ4v) is 2.05. The van der Waals surface area contributed by atoms with Gasteiger partial charge in [-0.15, -0.1) is 0 Å². The monoisotopic (exact) mass is 279 g/mol. The minimum atomic E-state index is -3.14. The lowest BCUT2D eigenvalue weighted by atomic mass is 9.98. The Morgan fingerprint density at radius 2 is 1.79 bits per heavy atom. The number of ether oxygens (including phenoxy) is 2. The quantitative estimate of drug-likeness (QED) is 0.690. The first kappa shape index (κ1) is 15.7. The van der Waals surface area contributed by atoms with Crippen molar-refractivity contribution in [3.05, 3.63) is 0 Å². The van der Waals surface area contributed by atoms with Gasteiger partial charge in [-0.1, -0.05) is 0 Å². The average Bonchev–Trinajstić information content (AvgIpc) is 2.46. The number of nitrogens with zero attached hydrogens (tertiary/aromatic N) is 1. The highest BCUT2D eigenvalue weighted by Crippen LogP contribution is 2.40. The summed E-state index contributed by atoms with van der Waals surface area (Å²) in [7, 11) is 1.09. The van der Waals surface area contributed by atoms with E-state index in [2.05, 4.69) is 4.74 Å². The fourth-order valence-electron chi connectivity index (χ4n) is 2.05. The summed E-state index contributed by atoms with van der Waals surface area (Å²) in [6, 6.07) is 0. The van der Waals surface area contributed by atoms with Gasteiger partial charge >= 0.3 is 12.1 Å². The minimum Gasteiger partial charge on any atom is -0.467 e. The molecular formula is C12H19F2NO4. The Balaban J connectivity index is 3.02. The molecular weight excluding hydrogens is 260 g/mol. The number of alkyl halides is 2. The van der Waals surface area contributed by atoms with Crippen molar-refractivity contribution in [3.63, 3.8) is 0 Å². The molecule has 7 heteroatoms. The zero-order valence-electron chi connectivity index (χ0n) is 11.8. The molecule has 0 spiro atoms. The van der Waals surface area contributed by atoms with Crippen LogP contribution in [0.3, 0.4) is 0 Å². The number of rotatable bonds is 1. The average molecular weight is 279 g/mol. The molecule has 1 aliphatic rings. The van der Waals surface area contributed by atoms with Crippen LogP contribution in [0, 0.1) is 0 Å². The smallest absolute Gasteiger partial charge is 0.411 e. The van der Waals surface area contributed by atoms with Gasteiger partial charge in [0, 0.05) is 6.42 Å². The zero-order valence-corrected chi connectivity index (χ0v) is 11.8. The van der Waals surface area contributed by atoms with E-state index in [0.717, 1.165) is 12.0 Å². The second kappa shape index (κ2) is 4.61. The summed E-state index contributed by atoms with van der Waals surface area (Å²) >= 11 is 0. The second-order valence-electron chi connectivity index (χ2n) is 5.86. The molecule has 0 aromatic rings. The Morgan fingerprint density at radius 3 is 2.21 bits per heavy atom. The van der Waals surface area contributed by atoms with Crippen LogP contribution in [0.1, 0.15) is 34.1 Å². The summed E-state index contributed by atoms with van der Waals surface area (Å²) < 4.78 is 36.6. The van der Waals surface area contributed by atoms with Crippen LogP contribution in [-0.2, 0) is 14.3 Å². The SMILES string of the molecule is COC(=O)[C@]1(C)CC(F)(F)CN1C(=O)OC(C)(C)C. The van der Waals surface area contributed by atoms with Gasteiger partial charge in [-0.05, 0) is 27.7 Å². The lowest BCUT2D eigenvalue weighted by molar-refractivity contribution is -0.152. The number of halogens is 2. The Bertz CT molecular complexity index is 392. The number of esters is 1. The van der Waals surface area contributed by atoms with Crippen molar-refractivity contribution < 1.29 is 27.8 Å². The summed E-state index contributed by atoms with van der Waals surface area (Å²) in [5.74, 6) is -4.02. The molecule has 1 fully saturated rings. The van der Waals surface area contributed by atoms with E-state index >= 15 is 0 Å². The first-order valence-electron chi connectivity index (χ1n) is 5.88. The van der Waals surface area contributed by atoms with Crippen LogP contribution < -0.4 is 0 Å². The van der Waals surface area contributed by atoms with E-state index < -0.39 is 42.1 Å². The topological polar surface area (TPSA) is 55.8 Å². The Morgan fingerprint density at radius 1 is 1.26 bits per heavy atom. The minimum absolute atomic E-state index is 0.740. The predicted molar refractivity (Wildman–Crippen MR) is 62.9 cm³/mol. The number of amides is 1. The van der Waals surface area contributed by atoms with Gasteiger partial charge in [0.25, 0.3) is 5.92 Å². The molecule has 1 atom stereocenters. The van der Waals surface area contributed by atoms with Gasteiger partial charge in [-0.3, -0.25) is 4.90 Å². The van der Waals surface area contributed by atoms with Crippen molar-refractivity contribution in [2.75, 3.05) is 13.7 Å². The Hall–Kier alpha value is -1.40. The van der Waals surface area contributed by atoms with Gasteiger partial charge in [-0.25, -0.2) is 18.4 Å². The van der Waals surface area contributed by atoms with E-state index in [9.17, 15) is 18.4 Å². The molecule has 0 bridgehead atoms. The van der Waals surface area contributed by atoms with E-state index in [0.29, 0.717) is 0 Å². The molecule has 0 N–H and O–H groups in total. The molecule has 0 unspecified atom stereocenters. The molecule has 0 aliphatic carbocycles. The molecule has 0 saturated carbocycles. The molecule has 0 aromatic carbocycles. The van der Waals surface area contributed by atoms with Crippen LogP contribution in [0.25, 0.3) is 0 Å². The first-order valence-corrected chi connectivity index (χ1v) is 5.88. The molecule has 0 aromatic heterocycles. The number of carbonyl (C=O) groups excluding carboxylic acids is 2. The normalized spacial score (nSPS) is 26.2. The number of likely N-dealkylation sites (tertiary alicyclic amines) is 1. The summed E-state index contributed by atoms with van der Waals surface area (Å²) in [6.07, 6.45) is -1.72. The van der Waals surface area contributed by atoms with Crippen LogP contribution in [-0.4, -0.2) is 47.7 Å². The van der Waals surface area contributed by atoms with E-state index in [1.54, 1.807) is 20.8 Å². The molecule has 1 heterocycles. The maximum Gasteiger partial charge on any atom is 0.411 e. The van der Waals surface area contributed by atoms with Crippen LogP contribution in [0.4, 0.5) is 13.6 Å². The molecule has 1 amide bonds. The lowest BCUT2D eigenvalue weighted by Gasteiger charge is -2.33. The summed E-state index contributed by atoms with van der Waals surface area (Å²) in [4.78, 5) is 24.4. The predicted octanol–water partition coefficient (Wildman–Crippen LogP) is 2.19. The van der Waals surface area contributed by atoms with Gasteiger partial charge in [0.2, 0.25) is 0 Å². The fraction of sp³-hybridized carbons (Fsp3) is 0.833. The van der Waals surface area contributed by atoms with Crippen molar-refractivity contribution in [1.29, 1.82) is 0 Å². The highest BCUT2D eigenvalue weighted by Gasteiger charge is 2.59. The summed E-state index contributed by atoms with van der Waals surface area (Å²) in [5.41, 5.74) is -2.54. The van der Waals surface area contributed by atoms with E-state index in [1.165, 1.54) is 6.92 Å². The highest BCUT2D eigenvalue weighted by atomic mass is 19.3. The van der Waals surface area contributed by atoms with Gasteiger partial charge in [0.1, 0.15) is 11.1 Å². The van der Waals surface area contributed by atoms with Gasteiger partial charge in [0.15, 0.2) is 0 Å². The Labute approximate surface area is 110 Å². The largest absolute Gasteiger partial charge is 0.467 e. The molecule has 5 nitrogen and oxygen atoms in total. The van der Waals surface area contributed by atoms with Gasteiger partial charge < -0.3 is 9.47 Å². The van der Waals surface area contributed by atoms with Crippen LogP contribution in [0.15, 0.2) is 0 Å². The highest BCUT2D eigenvalue weighted by molar-refractivity contribution is 5.86. The summed E-state index contributed by atoms with van der Waals surface area (Å²) in [5, 5.41) is 0. The van der Waals surface area contributed by atoms with Crippen molar-refractivity contribution >= 4 is 12.1 Å². The molecule has 19 heavy (non-hydrogen) atoms. The Kier molecular flexibility index (Phi) is 3.80. The molecule has 0 radical (unpaired) electrons. The van der Waals surface area contributed by atoms with Crippen LogP contribution in [0.2, 0.25) is 0 Å². The standard InChI is InChI=1S/C12H19F2NO4/c1-10(2,3)19-9(17)15-7-12(13,14)6-11(15,4)8(16)18-5/h6-7H2,1-5H3/t11-/m0/s1. The van der Waals surface area contributed by atoms with Crippen LogP contribution >= 0.6 is 0 Å².